The van der Waals surface area contributed by atoms with Gasteiger partial charge in [-0.25, -0.2) is 4.39 Å². The van der Waals surface area contributed by atoms with E-state index in [4.69, 9.17) is 16.3 Å². The minimum absolute atomic E-state index is 0.103. The summed E-state index contributed by atoms with van der Waals surface area (Å²) in [6, 6.07) is 13.1. The zero-order valence-corrected chi connectivity index (χ0v) is 10.9. The minimum atomic E-state index is -0.434. The second kappa shape index (κ2) is 6.34. The van der Waals surface area contributed by atoms with Gasteiger partial charge in [-0.2, -0.15) is 0 Å². The summed E-state index contributed by atoms with van der Waals surface area (Å²) in [4.78, 5) is 11.6. The van der Waals surface area contributed by atoms with Crippen molar-refractivity contribution in [3.05, 3.63) is 64.9 Å². The van der Waals surface area contributed by atoms with Gasteiger partial charge in [-0.1, -0.05) is 41.9 Å². The quantitative estimate of drug-likeness (QED) is 0.624. The van der Waals surface area contributed by atoms with Gasteiger partial charge in [-0.05, 0) is 30.2 Å². The van der Waals surface area contributed by atoms with E-state index in [1.165, 1.54) is 6.07 Å². The van der Waals surface area contributed by atoms with E-state index >= 15 is 0 Å². The first kappa shape index (κ1) is 13.6. The van der Waals surface area contributed by atoms with E-state index in [2.05, 4.69) is 0 Å². The fourth-order valence-corrected chi connectivity index (χ4v) is 1.81. The van der Waals surface area contributed by atoms with Crippen LogP contribution in [0.2, 0.25) is 5.02 Å². The van der Waals surface area contributed by atoms with Crippen LogP contribution in [-0.2, 0) is 11.2 Å². The van der Waals surface area contributed by atoms with Crippen LogP contribution in [0.5, 0.6) is 5.75 Å². The third kappa shape index (κ3) is 3.80. The molecule has 0 aliphatic carbocycles. The fourth-order valence-electron chi connectivity index (χ4n) is 1.64. The number of carbonyl (C=O) groups excluding carboxylic acids is 1. The highest BCUT2D eigenvalue weighted by Crippen LogP contribution is 2.23. The second-order valence-electron chi connectivity index (χ2n) is 4.00. The third-order valence-electron chi connectivity index (χ3n) is 2.62. The number of ether oxygens (including phenoxy) is 1. The van der Waals surface area contributed by atoms with Crippen molar-refractivity contribution in [2.45, 2.75) is 12.8 Å². The molecular formula is C15H12ClFO2. The number of carbonyl (C=O) groups is 1. The lowest BCUT2D eigenvalue weighted by Crippen LogP contribution is -2.09. The number of hydrogen-bond acceptors (Lipinski definition) is 2. The smallest absolute Gasteiger partial charge is 0.311 e. The molecule has 0 fully saturated rings. The molecule has 19 heavy (non-hydrogen) atoms. The Morgan fingerprint density at radius 3 is 2.53 bits per heavy atom. The summed E-state index contributed by atoms with van der Waals surface area (Å²) in [7, 11) is 0. The predicted molar refractivity (Wildman–Crippen MR) is 71.8 cm³/mol. The van der Waals surface area contributed by atoms with Gasteiger partial charge in [-0.15, -0.1) is 0 Å². The van der Waals surface area contributed by atoms with Crippen LogP contribution in [0.3, 0.4) is 0 Å². The summed E-state index contributed by atoms with van der Waals surface area (Å²) in [5, 5.41) is 0.377. The van der Waals surface area contributed by atoms with Gasteiger partial charge in [-0.3, -0.25) is 4.79 Å². The summed E-state index contributed by atoms with van der Waals surface area (Å²) in [5.74, 6) is -0.424. The summed E-state index contributed by atoms with van der Waals surface area (Å²) in [5.41, 5.74) is 0.499. The number of aryl methyl sites for hydroxylation is 1. The molecule has 2 rings (SSSR count). The zero-order chi connectivity index (χ0) is 13.7. The molecule has 0 aliphatic rings. The Kier molecular flexibility index (Phi) is 4.53. The Morgan fingerprint density at radius 2 is 1.79 bits per heavy atom. The molecule has 0 spiro atoms. The van der Waals surface area contributed by atoms with Gasteiger partial charge < -0.3 is 4.74 Å². The van der Waals surface area contributed by atoms with Crippen molar-refractivity contribution in [2.24, 2.45) is 0 Å². The zero-order valence-electron chi connectivity index (χ0n) is 10.1. The molecule has 2 aromatic carbocycles. The molecule has 2 aromatic rings. The first-order chi connectivity index (χ1) is 9.16. The van der Waals surface area contributed by atoms with E-state index in [-0.39, 0.29) is 12.2 Å². The number of hydrogen-bond donors (Lipinski definition) is 0. The summed E-state index contributed by atoms with van der Waals surface area (Å²) in [6.45, 7) is 0. The van der Waals surface area contributed by atoms with E-state index in [1.807, 2.05) is 0 Å². The Labute approximate surface area is 115 Å². The van der Waals surface area contributed by atoms with Gasteiger partial charge in [0, 0.05) is 0 Å². The molecule has 98 valence electrons. The minimum Gasteiger partial charge on any atom is -0.425 e. The molecule has 0 unspecified atom stereocenters. The van der Waals surface area contributed by atoms with Crippen molar-refractivity contribution < 1.29 is 13.9 Å². The molecule has 0 amide bonds. The first-order valence-electron chi connectivity index (χ1n) is 5.85. The monoisotopic (exact) mass is 278 g/mol. The van der Waals surface area contributed by atoms with Crippen LogP contribution in [0, 0.1) is 5.82 Å². The number of halogens is 2. The maximum atomic E-state index is 13.4. The lowest BCUT2D eigenvalue weighted by molar-refractivity contribution is -0.134. The Morgan fingerprint density at radius 1 is 1.11 bits per heavy atom. The van der Waals surface area contributed by atoms with Crippen molar-refractivity contribution in [1.29, 1.82) is 0 Å². The van der Waals surface area contributed by atoms with Crippen LogP contribution in [0.25, 0.3) is 0 Å². The summed E-state index contributed by atoms with van der Waals surface area (Å²) < 4.78 is 18.5. The SMILES string of the molecule is O=C(CCc1ccccc1F)Oc1ccccc1Cl. The van der Waals surface area contributed by atoms with Crippen molar-refractivity contribution in [1.82, 2.24) is 0 Å². The van der Waals surface area contributed by atoms with Crippen molar-refractivity contribution in [3.63, 3.8) is 0 Å². The maximum Gasteiger partial charge on any atom is 0.311 e. The number of para-hydroxylation sites is 1. The average molecular weight is 279 g/mol. The third-order valence-corrected chi connectivity index (χ3v) is 2.93. The van der Waals surface area contributed by atoms with E-state index < -0.39 is 5.97 Å². The van der Waals surface area contributed by atoms with E-state index in [0.29, 0.717) is 22.8 Å². The predicted octanol–water partition coefficient (Wildman–Crippen LogP) is 4.02. The van der Waals surface area contributed by atoms with E-state index in [9.17, 15) is 9.18 Å². The van der Waals surface area contributed by atoms with Gasteiger partial charge in [0.2, 0.25) is 0 Å². The summed E-state index contributed by atoms with van der Waals surface area (Å²) >= 11 is 5.87. The molecular weight excluding hydrogens is 267 g/mol. The van der Waals surface area contributed by atoms with Crippen LogP contribution in [0.1, 0.15) is 12.0 Å². The number of esters is 1. The van der Waals surface area contributed by atoms with Crippen LogP contribution < -0.4 is 4.74 Å². The Hall–Kier alpha value is -1.87. The van der Waals surface area contributed by atoms with Crippen molar-refractivity contribution >= 4 is 17.6 Å². The van der Waals surface area contributed by atoms with Gasteiger partial charge in [0.25, 0.3) is 0 Å². The van der Waals surface area contributed by atoms with E-state index in [0.717, 1.165) is 0 Å². The van der Waals surface area contributed by atoms with Crippen LogP contribution in [0.15, 0.2) is 48.5 Å². The molecule has 0 aromatic heterocycles. The normalized spacial score (nSPS) is 10.2. The molecule has 0 aliphatic heterocycles. The molecule has 0 saturated heterocycles. The van der Waals surface area contributed by atoms with Gasteiger partial charge in [0.05, 0.1) is 11.4 Å². The molecule has 0 heterocycles. The van der Waals surface area contributed by atoms with Crippen molar-refractivity contribution in [2.75, 3.05) is 0 Å². The van der Waals surface area contributed by atoms with E-state index in [1.54, 1.807) is 42.5 Å². The Balaban J connectivity index is 1.92. The second-order valence-corrected chi connectivity index (χ2v) is 4.40. The number of benzene rings is 2. The van der Waals surface area contributed by atoms with Gasteiger partial charge in [0.15, 0.2) is 0 Å². The lowest BCUT2D eigenvalue weighted by atomic mass is 10.1. The average Bonchev–Trinajstić information content (AvgIpc) is 2.40. The van der Waals surface area contributed by atoms with Crippen molar-refractivity contribution in [3.8, 4) is 5.75 Å². The van der Waals surface area contributed by atoms with Crippen LogP contribution in [0.4, 0.5) is 4.39 Å². The molecule has 2 nitrogen and oxygen atoms in total. The Bertz CT molecular complexity index is 584. The lowest BCUT2D eigenvalue weighted by Gasteiger charge is -2.06. The molecule has 4 heteroatoms. The highest BCUT2D eigenvalue weighted by Gasteiger charge is 2.09. The van der Waals surface area contributed by atoms with Gasteiger partial charge in [0.1, 0.15) is 11.6 Å². The maximum absolute atomic E-state index is 13.4. The highest BCUT2D eigenvalue weighted by atomic mass is 35.5. The van der Waals surface area contributed by atoms with Gasteiger partial charge >= 0.3 is 5.97 Å². The topological polar surface area (TPSA) is 26.3 Å². The summed E-state index contributed by atoms with van der Waals surface area (Å²) in [6.07, 6.45) is 0.405. The molecule has 0 radical (unpaired) electrons. The van der Waals surface area contributed by atoms with Crippen LogP contribution >= 0.6 is 11.6 Å². The molecule has 0 atom stereocenters. The molecule has 0 N–H and O–H groups in total. The standard InChI is InChI=1S/C15H12ClFO2/c16-12-6-2-4-8-14(12)19-15(18)10-9-11-5-1-3-7-13(11)17/h1-8H,9-10H2. The largest absolute Gasteiger partial charge is 0.425 e. The first-order valence-corrected chi connectivity index (χ1v) is 6.23. The fraction of sp³-hybridized carbons (Fsp3) is 0.133. The molecule has 0 saturated carbocycles. The number of rotatable bonds is 4. The highest BCUT2D eigenvalue weighted by molar-refractivity contribution is 6.32. The van der Waals surface area contributed by atoms with Crippen LogP contribution in [-0.4, -0.2) is 5.97 Å². The molecule has 0 bridgehead atoms.